The lowest BCUT2D eigenvalue weighted by Gasteiger charge is -2.23. The van der Waals surface area contributed by atoms with Crippen LogP contribution >= 0.6 is 27.7 Å². The summed E-state index contributed by atoms with van der Waals surface area (Å²) in [7, 11) is 1.76. The van der Waals surface area contributed by atoms with Crippen LogP contribution in [0, 0.1) is 0 Å². The molecule has 0 atom stereocenters. The van der Waals surface area contributed by atoms with E-state index in [1.807, 2.05) is 48.5 Å². The number of hydrogen-bond acceptors (Lipinski definition) is 3. The van der Waals surface area contributed by atoms with Gasteiger partial charge in [0.15, 0.2) is 5.78 Å². The summed E-state index contributed by atoms with van der Waals surface area (Å²) in [6.07, 6.45) is 0. The molecule has 0 N–H and O–H groups in total. The van der Waals surface area contributed by atoms with Crippen molar-refractivity contribution in [2.75, 3.05) is 0 Å². The Morgan fingerprint density at radius 2 is 1.62 bits per heavy atom. The van der Waals surface area contributed by atoms with E-state index in [0.717, 1.165) is 42.5 Å². The van der Waals surface area contributed by atoms with Gasteiger partial charge in [-0.25, -0.2) is 0 Å². The number of fused-ring (bicyclic) bond motifs is 2. The molecule has 4 aromatic rings. The van der Waals surface area contributed by atoms with Crippen LogP contribution < -0.4 is 5.56 Å². The molecule has 3 aromatic carbocycles. The number of aryl methyl sites for hydroxylation is 1. The second-order valence-electron chi connectivity index (χ2n) is 7.07. The molecule has 1 aliphatic rings. The molecule has 0 unspecified atom stereocenters. The molecular weight excluding hydrogens is 446 g/mol. The van der Waals surface area contributed by atoms with Crippen LogP contribution in [0.3, 0.4) is 0 Å². The molecule has 3 nitrogen and oxygen atoms in total. The minimum absolute atomic E-state index is 0.0313. The Kier molecular flexibility index (Phi) is 4.45. The first-order valence-electron chi connectivity index (χ1n) is 9.22. The summed E-state index contributed by atoms with van der Waals surface area (Å²) in [5.41, 5.74) is 4.79. The highest BCUT2D eigenvalue weighted by Gasteiger charge is 2.28. The summed E-state index contributed by atoms with van der Waals surface area (Å²) < 4.78 is 2.66. The van der Waals surface area contributed by atoms with Gasteiger partial charge in [-0.3, -0.25) is 9.59 Å². The summed E-state index contributed by atoms with van der Waals surface area (Å²) in [6, 6.07) is 21.3. The van der Waals surface area contributed by atoms with Crippen LogP contribution in [-0.4, -0.2) is 10.4 Å². The first-order chi connectivity index (χ1) is 14.0. The van der Waals surface area contributed by atoms with E-state index in [1.54, 1.807) is 29.4 Å². The highest BCUT2D eigenvalue weighted by Crippen LogP contribution is 2.41. The van der Waals surface area contributed by atoms with Gasteiger partial charge in [0, 0.05) is 44.7 Å². The number of aromatic nitrogens is 1. The van der Waals surface area contributed by atoms with Crippen molar-refractivity contribution < 1.29 is 4.79 Å². The molecule has 1 aliphatic carbocycles. The van der Waals surface area contributed by atoms with Crippen molar-refractivity contribution in [3.63, 3.8) is 0 Å². The number of carbonyl (C=O) groups is 1. The zero-order valence-corrected chi connectivity index (χ0v) is 18.0. The molecule has 1 heterocycles. The first-order valence-corrected chi connectivity index (χ1v) is 11.0. The molecule has 142 valence electrons. The first kappa shape index (κ1) is 18.4. The van der Waals surface area contributed by atoms with E-state index >= 15 is 0 Å². The highest BCUT2D eigenvalue weighted by molar-refractivity contribution is 9.10. The number of pyridine rings is 1. The number of halogens is 1. The third-order valence-electron chi connectivity index (χ3n) is 5.40. The summed E-state index contributed by atoms with van der Waals surface area (Å²) >= 11 is 5.16. The molecule has 5 heteroatoms. The zero-order chi connectivity index (χ0) is 20.1. The molecule has 1 aromatic heterocycles. The van der Waals surface area contributed by atoms with Gasteiger partial charge in [0.2, 0.25) is 0 Å². The van der Waals surface area contributed by atoms with Crippen LogP contribution in [0.2, 0.25) is 0 Å². The van der Waals surface area contributed by atoms with Gasteiger partial charge < -0.3 is 4.57 Å². The van der Waals surface area contributed by atoms with Crippen molar-refractivity contribution in [2.45, 2.75) is 10.6 Å². The molecule has 0 aliphatic heterocycles. The Morgan fingerprint density at radius 1 is 0.897 bits per heavy atom. The summed E-state index contributed by atoms with van der Waals surface area (Å²) in [4.78, 5) is 27.1. The Hall–Kier alpha value is -2.63. The number of nitrogens with zero attached hydrogens (tertiary/aromatic N) is 1. The van der Waals surface area contributed by atoms with Crippen molar-refractivity contribution in [3.05, 3.63) is 98.2 Å². The van der Waals surface area contributed by atoms with Crippen LogP contribution in [0.25, 0.3) is 22.0 Å². The molecule has 5 rings (SSSR count). The van der Waals surface area contributed by atoms with Gasteiger partial charge in [-0.05, 0) is 47.0 Å². The maximum Gasteiger partial charge on any atom is 0.251 e. The van der Waals surface area contributed by atoms with E-state index in [-0.39, 0.29) is 11.3 Å². The van der Waals surface area contributed by atoms with Gasteiger partial charge in [0.05, 0.1) is 5.52 Å². The number of thioether (sulfide) groups is 1. The van der Waals surface area contributed by atoms with Crippen molar-refractivity contribution in [1.82, 2.24) is 4.57 Å². The zero-order valence-electron chi connectivity index (χ0n) is 15.6. The fraction of sp³-hybridized carbons (Fsp3) is 0.0833. The van der Waals surface area contributed by atoms with E-state index in [9.17, 15) is 9.59 Å². The topological polar surface area (TPSA) is 39.1 Å². The third-order valence-corrected chi connectivity index (χ3v) is 6.99. The van der Waals surface area contributed by atoms with Gasteiger partial charge in [0.25, 0.3) is 5.56 Å². The van der Waals surface area contributed by atoms with E-state index in [1.165, 1.54) is 0 Å². The Labute approximate surface area is 180 Å². The van der Waals surface area contributed by atoms with E-state index < -0.39 is 0 Å². The fourth-order valence-electron chi connectivity index (χ4n) is 3.93. The molecule has 0 amide bonds. The average Bonchev–Trinajstić information content (AvgIpc) is 2.74. The largest absolute Gasteiger partial charge is 0.311 e. The number of benzene rings is 3. The van der Waals surface area contributed by atoms with Gasteiger partial charge in [0.1, 0.15) is 0 Å². The van der Waals surface area contributed by atoms with Crippen LogP contribution in [0.5, 0.6) is 0 Å². The number of ketones is 1. The average molecular weight is 462 g/mol. The lowest BCUT2D eigenvalue weighted by atomic mass is 9.82. The van der Waals surface area contributed by atoms with E-state index in [4.69, 9.17) is 0 Å². The van der Waals surface area contributed by atoms with Crippen molar-refractivity contribution in [2.24, 2.45) is 7.05 Å². The lowest BCUT2D eigenvalue weighted by molar-refractivity contribution is 0.103. The molecule has 29 heavy (non-hydrogen) atoms. The molecule has 0 saturated carbocycles. The number of rotatable bonds is 3. The monoisotopic (exact) mass is 461 g/mol. The smallest absolute Gasteiger partial charge is 0.251 e. The van der Waals surface area contributed by atoms with Crippen LogP contribution in [-0.2, 0) is 12.8 Å². The maximum atomic E-state index is 13.5. The maximum absolute atomic E-state index is 13.5. The molecule has 0 spiro atoms. The molecule has 0 radical (unpaired) electrons. The Balaban J connectivity index is 1.72. The molecule has 0 saturated heterocycles. The predicted octanol–water partition coefficient (Wildman–Crippen LogP) is 5.80. The van der Waals surface area contributed by atoms with E-state index in [0.29, 0.717) is 11.3 Å². The highest BCUT2D eigenvalue weighted by atomic mass is 79.9. The minimum atomic E-state index is -0.0698. The van der Waals surface area contributed by atoms with Gasteiger partial charge in [-0.1, -0.05) is 46.3 Å². The fourth-order valence-corrected chi connectivity index (χ4v) is 5.09. The third kappa shape index (κ3) is 2.96. The molecule has 0 fully saturated rings. The number of hydrogen-bond donors (Lipinski definition) is 0. The Morgan fingerprint density at radius 3 is 2.38 bits per heavy atom. The molecule has 0 bridgehead atoms. The summed E-state index contributed by atoms with van der Waals surface area (Å²) in [5, 5.41) is 0.879. The summed E-state index contributed by atoms with van der Waals surface area (Å²) in [6.45, 7) is 0. The second-order valence-corrected chi connectivity index (χ2v) is 9.03. The van der Waals surface area contributed by atoms with Crippen LogP contribution in [0.4, 0.5) is 0 Å². The summed E-state index contributed by atoms with van der Waals surface area (Å²) in [5.74, 6) is 0.715. The van der Waals surface area contributed by atoms with Crippen LogP contribution in [0.15, 0.2) is 80.9 Å². The van der Waals surface area contributed by atoms with Crippen molar-refractivity contribution in [1.29, 1.82) is 0 Å². The normalized spacial score (nSPS) is 12.3. The number of carbonyl (C=O) groups excluding carboxylic acids is 1. The predicted molar refractivity (Wildman–Crippen MR) is 122 cm³/mol. The minimum Gasteiger partial charge on any atom is -0.311 e. The standard InChI is InChI=1S/C24H16BrNO2S/c1-26-20-11-6-14(13-29-16-9-7-15(25)8-10-16)22-23(20)19(12-21(26)27)17-4-2-3-5-18(17)24(22)28/h2-12H,13H2,1H3. The quantitative estimate of drug-likeness (QED) is 0.318. The SMILES string of the molecule is Cn1c(=O)cc2c3c(c(CSc4ccc(Br)cc4)ccc31)C(=O)c1ccccc1-2. The van der Waals surface area contributed by atoms with E-state index in [2.05, 4.69) is 28.1 Å². The van der Waals surface area contributed by atoms with Crippen molar-refractivity contribution >= 4 is 44.4 Å². The van der Waals surface area contributed by atoms with Gasteiger partial charge in [-0.15, -0.1) is 11.8 Å². The van der Waals surface area contributed by atoms with Gasteiger partial charge in [-0.2, -0.15) is 0 Å². The molecular formula is C24H16BrNO2S. The lowest BCUT2D eigenvalue weighted by Crippen LogP contribution is -2.21. The second kappa shape index (κ2) is 7.01. The van der Waals surface area contributed by atoms with Crippen molar-refractivity contribution in [3.8, 4) is 11.1 Å². The van der Waals surface area contributed by atoms with Gasteiger partial charge >= 0.3 is 0 Å². The van der Waals surface area contributed by atoms with Crippen LogP contribution in [0.1, 0.15) is 21.5 Å². The Bertz CT molecular complexity index is 1360.